The SMILES string of the molecule is CC1=CC[C@@H]2[C@@H](C1)c1c(O)cc(CC#CCBr)cc1OC2(C)C. The Balaban J connectivity index is 2.03. The van der Waals surface area contributed by atoms with Gasteiger partial charge in [0, 0.05) is 23.8 Å². The van der Waals surface area contributed by atoms with Crippen LogP contribution in [0, 0.1) is 17.8 Å². The summed E-state index contributed by atoms with van der Waals surface area (Å²) in [6.07, 6.45) is 4.96. The molecular formula is C20H23BrO2. The molecule has 122 valence electrons. The Labute approximate surface area is 147 Å². The minimum atomic E-state index is -0.221. The lowest BCUT2D eigenvalue weighted by molar-refractivity contribution is 0.00754. The number of benzene rings is 1. The van der Waals surface area contributed by atoms with Crippen LogP contribution in [0.1, 0.15) is 50.7 Å². The normalized spacial score (nSPS) is 24.4. The van der Waals surface area contributed by atoms with Crippen LogP contribution in [-0.4, -0.2) is 16.0 Å². The van der Waals surface area contributed by atoms with Crippen LogP contribution in [0.5, 0.6) is 11.5 Å². The minimum absolute atomic E-state index is 0.221. The van der Waals surface area contributed by atoms with E-state index >= 15 is 0 Å². The molecule has 1 aromatic carbocycles. The van der Waals surface area contributed by atoms with E-state index in [1.54, 1.807) is 0 Å². The number of rotatable bonds is 1. The first-order chi connectivity index (χ1) is 10.9. The summed E-state index contributed by atoms with van der Waals surface area (Å²) in [5.74, 6) is 8.03. The van der Waals surface area contributed by atoms with Gasteiger partial charge in [0.05, 0.1) is 5.33 Å². The zero-order valence-corrected chi connectivity index (χ0v) is 15.5. The van der Waals surface area contributed by atoms with Gasteiger partial charge < -0.3 is 9.84 Å². The molecule has 0 aromatic heterocycles. The number of hydrogen-bond acceptors (Lipinski definition) is 2. The third-order valence-corrected chi connectivity index (χ3v) is 5.33. The van der Waals surface area contributed by atoms with Gasteiger partial charge in [-0.1, -0.05) is 39.4 Å². The van der Waals surface area contributed by atoms with Gasteiger partial charge >= 0.3 is 0 Å². The van der Waals surface area contributed by atoms with Gasteiger partial charge in [-0.25, -0.2) is 0 Å². The summed E-state index contributed by atoms with van der Waals surface area (Å²) in [4.78, 5) is 0. The van der Waals surface area contributed by atoms with E-state index in [0.29, 0.717) is 29.3 Å². The fraction of sp³-hybridized carbons (Fsp3) is 0.500. The Bertz CT molecular complexity index is 706. The highest BCUT2D eigenvalue weighted by Crippen LogP contribution is 2.54. The first-order valence-electron chi connectivity index (χ1n) is 8.14. The fourth-order valence-electron chi connectivity index (χ4n) is 3.93. The van der Waals surface area contributed by atoms with E-state index in [9.17, 15) is 5.11 Å². The van der Waals surface area contributed by atoms with E-state index in [1.165, 1.54) is 5.57 Å². The van der Waals surface area contributed by atoms with E-state index < -0.39 is 0 Å². The number of aromatic hydroxyl groups is 1. The predicted molar refractivity (Wildman–Crippen MR) is 97.3 cm³/mol. The van der Waals surface area contributed by atoms with Gasteiger partial charge in [-0.05, 0) is 51.3 Å². The average molecular weight is 375 g/mol. The summed E-state index contributed by atoms with van der Waals surface area (Å²) >= 11 is 3.30. The van der Waals surface area contributed by atoms with E-state index in [4.69, 9.17) is 4.74 Å². The predicted octanol–water partition coefficient (Wildman–Crippen LogP) is 4.94. The third-order valence-electron chi connectivity index (χ3n) is 5.05. The minimum Gasteiger partial charge on any atom is -0.508 e. The van der Waals surface area contributed by atoms with Crippen LogP contribution in [0.25, 0.3) is 0 Å². The van der Waals surface area contributed by atoms with Gasteiger partial charge in [0.2, 0.25) is 0 Å². The molecular weight excluding hydrogens is 352 g/mol. The number of phenols is 1. The molecule has 2 aliphatic rings. The average Bonchev–Trinajstić information content (AvgIpc) is 2.46. The smallest absolute Gasteiger partial charge is 0.127 e. The quantitative estimate of drug-likeness (QED) is 0.428. The number of alkyl halides is 1. The lowest BCUT2D eigenvalue weighted by Crippen LogP contribution is -2.45. The molecule has 1 aliphatic carbocycles. The molecule has 2 atom stereocenters. The fourth-order valence-corrected chi connectivity index (χ4v) is 4.13. The highest BCUT2D eigenvalue weighted by atomic mass is 79.9. The van der Waals surface area contributed by atoms with Gasteiger partial charge in [0.1, 0.15) is 17.1 Å². The Morgan fingerprint density at radius 2 is 2.13 bits per heavy atom. The van der Waals surface area contributed by atoms with Crippen molar-refractivity contribution < 1.29 is 9.84 Å². The molecule has 1 aromatic rings. The van der Waals surface area contributed by atoms with Crippen molar-refractivity contribution in [2.24, 2.45) is 5.92 Å². The van der Waals surface area contributed by atoms with Gasteiger partial charge in [-0.2, -0.15) is 0 Å². The van der Waals surface area contributed by atoms with Crippen LogP contribution in [0.2, 0.25) is 0 Å². The second-order valence-electron chi connectivity index (χ2n) is 7.10. The highest BCUT2D eigenvalue weighted by molar-refractivity contribution is 9.09. The van der Waals surface area contributed by atoms with Crippen LogP contribution in [-0.2, 0) is 6.42 Å². The number of fused-ring (bicyclic) bond motifs is 3. The number of allylic oxidation sites excluding steroid dienone is 2. The molecule has 1 heterocycles. The van der Waals surface area contributed by atoms with Crippen molar-refractivity contribution in [2.75, 3.05) is 5.33 Å². The number of phenolic OH excluding ortho intramolecular Hbond substituents is 1. The molecule has 0 unspecified atom stereocenters. The molecule has 3 heteroatoms. The Morgan fingerprint density at radius 3 is 2.87 bits per heavy atom. The maximum atomic E-state index is 10.6. The van der Waals surface area contributed by atoms with Gasteiger partial charge in [0.15, 0.2) is 0 Å². The molecule has 1 aliphatic heterocycles. The van der Waals surface area contributed by atoms with Crippen molar-refractivity contribution in [1.82, 2.24) is 0 Å². The maximum Gasteiger partial charge on any atom is 0.127 e. The summed E-state index contributed by atoms with van der Waals surface area (Å²) in [6.45, 7) is 6.51. The lowest BCUT2D eigenvalue weighted by atomic mass is 9.67. The standard InChI is InChI=1S/C20H23BrO2/c1-13-7-8-16-15(10-13)19-17(22)11-14(6-4-5-9-21)12-18(19)23-20(16,2)3/h7,11-12,15-16,22H,6,8-10H2,1-3H3/t15-,16-/m1/s1. The van der Waals surface area contributed by atoms with Gasteiger partial charge in [-0.15, -0.1) is 0 Å². The summed E-state index contributed by atoms with van der Waals surface area (Å²) < 4.78 is 6.31. The van der Waals surface area contributed by atoms with Gasteiger partial charge in [-0.3, -0.25) is 0 Å². The summed E-state index contributed by atoms with van der Waals surface area (Å²) in [6, 6.07) is 3.91. The first kappa shape index (κ1) is 16.5. The van der Waals surface area contributed by atoms with Crippen LogP contribution >= 0.6 is 15.9 Å². The van der Waals surface area contributed by atoms with E-state index in [-0.39, 0.29) is 5.60 Å². The van der Waals surface area contributed by atoms with Gasteiger partial charge in [0.25, 0.3) is 0 Å². The molecule has 2 nitrogen and oxygen atoms in total. The monoisotopic (exact) mass is 374 g/mol. The van der Waals surface area contributed by atoms with Crippen molar-refractivity contribution in [3.8, 4) is 23.3 Å². The first-order valence-corrected chi connectivity index (χ1v) is 9.26. The highest BCUT2D eigenvalue weighted by Gasteiger charge is 2.45. The van der Waals surface area contributed by atoms with E-state index in [0.717, 1.165) is 29.7 Å². The molecule has 0 saturated heterocycles. The largest absolute Gasteiger partial charge is 0.508 e. The molecule has 0 bridgehead atoms. The second-order valence-corrected chi connectivity index (χ2v) is 7.66. The molecule has 23 heavy (non-hydrogen) atoms. The lowest BCUT2D eigenvalue weighted by Gasteiger charge is -2.47. The zero-order chi connectivity index (χ0) is 16.6. The van der Waals surface area contributed by atoms with Crippen molar-refractivity contribution in [1.29, 1.82) is 0 Å². The maximum absolute atomic E-state index is 10.6. The molecule has 0 amide bonds. The summed E-state index contributed by atoms with van der Waals surface area (Å²) in [7, 11) is 0. The van der Waals surface area contributed by atoms with E-state index in [2.05, 4.69) is 60.7 Å². The molecule has 1 N–H and O–H groups in total. The molecule has 0 saturated carbocycles. The summed E-state index contributed by atoms with van der Waals surface area (Å²) in [5.41, 5.74) is 3.18. The zero-order valence-electron chi connectivity index (χ0n) is 13.9. The second kappa shape index (κ2) is 6.24. The van der Waals surface area contributed by atoms with Crippen molar-refractivity contribution in [3.05, 3.63) is 34.9 Å². The Morgan fingerprint density at radius 1 is 1.35 bits per heavy atom. The molecule has 0 radical (unpaired) electrons. The van der Waals surface area contributed by atoms with Crippen LogP contribution in [0.15, 0.2) is 23.8 Å². The van der Waals surface area contributed by atoms with Crippen molar-refractivity contribution in [2.45, 2.75) is 51.6 Å². The van der Waals surface area contributed by atoms with E-state index in [1.807, 2.05) is 6.07 Å². The van der Waals surface area contributed by atoms with Crippen molar-refractivity contribution in [3.63, 3.8) is 0 Å². The van der Waals surface area contributed by atoms with Crippen LogP contribution in [0.3, 0.4) is 0 Å². The third kappa shape index (κ3) is 3.15. The molecule has 0 spiro atoms. The Hall–Kier alpha value is -1.40. The van der Waals surface area contributed by atoms with Crippen LogP contribution in [0.4, 0.5) is 0 Å². The summed E-state index contributed by atoms with van der Waals surface area (Å²) in [5, 5.41) is 11.3. The number of halogens is 1. The number of ether oxygens (including phenoxy) is 1. The molecule has 3 rings (SSSR count). The Kier molecular flexibility index (Phi) is 4.47. The van der Waals surface area contributed by atoms with Crippen molar-refractivity contribution >= 4 is 15.9 Å². The molecule has 0 fully saturated rings. The topological polar surface area (TPSA) is 29.5 Å². The van der Waals surface area contributed by atoms with Crippen LogP contribution < -0.4 is 4.74 Å². The number of hydrogen-bond donors (Lipinski definition) is 1.